The van der Waals surface area contributed by atoms with E-state index >= 15 is 0 Å². The van der Waals surface area contributed by atoms with E-state index in [0.29, 0.717) is 40.9 Å². The van der Waals surface area contributed by atoms with Gasteiger partial charge in [-0.05, 0) is 66.7 Å². The molecule has 1 N–H and O–H groups in total. The quantitative estimate of drug-likeness (QED) is 0.391. The van der Waals surface area contributed by atoms with E-state index in [1.165, 1.54) is 0 Å². The van der Waals surface area contributed by atoms with Crippen molar-refractivity contribution in [3.05, 3.63) is 108 Å². The summed E-state index contributed by atoms with van der Waals surface area (Å²) in [5, 5.41) is 2.88. The van der Waals surface area contributed by atoms with Crippen LogP contribution in [-0.4, -0.2) is 18.0 Å². The molecule has 0 aliphatic rings. The predicted molar refractivity (Wildman–Crippen MR) is 122 cm³/mol. The van der Waals surface area contributed by atoms with Crippen LogP contribution in [0.5, 0.6) is 23.0 Å². The topological polar surface area (TPSA) is 69.7 Å². The van der Waals surface area contributed by atoms with Gasteiger partial charge in [0.05, 0.1) is 7.11 Å². The van der Waals surface area contributed by atoms with E-state index in [1.54, 1.807) is 68.0 Å². The summed E-state index contributed by atoms with van der Waals surface area (Å²) in [6.07, 6.45) is 3.48. The Hall–Kier alpha value is -4.32. The van der Waals surface area contributed by atoms with Crippen molar-refractivity contribution < 1.29 is 19.0 Å². The highest BCUT2D eigenvalue weighted by Gasteiger charge is 2.08. The van der Waals surface area contributed by atoms with Gasteiger partial charge < -0.3 is 19.5 Å². The monoisotopic (exact) mass is 426 g/mol. The molecule has 160 valence electrons. The van der Waals surface area contributed by atoms with Crippen LogP contribution in [0.15, 0.2) is 97.3 Å². The predicted octanol–water partition coefficient (Wildman–Crippen LogP) is 5.71. The normalized spacial score (nSPS) is 10.3. The van der Waals surface area contributed by atoms with E-state index in [4.69, 9.17) is 14.2 Å². The van der Waals surface area contributed by atoms with Crippen LogP contribution in [0.2, 0.25) is 0 Å². The fourth-order valence-electron chi connectivity index (χ4n) is 2.99. The van der Waals surface area contributed by atoms with Gasteiger partial charge in [0.15, 0.2) is 11.5 Å². The summed E-state index contributed by atoms with van der Waals surface area (Å²) in [5.41, 5.74) is 2.18. The van der Waals surface area contributed by atoms with E-state index in [9.17, 15) is 4.79 Å². The summed E-state index contributed by atoms with van der Waals surface area (Å²) in [6.45, 7) is 0.419. The van der Waals surface area contributed by atoms with Crippen LogP contribution in [0.1, 0.15) is 15.9 Å². The SMILES string of the molecule is COc1ccccc1Oc1ccc(NC(=O)c2ccc(OCc3cccnc3)cc2)cc1. The number of anilines is 1. The van der Waals surface area contributed by atoms with Crippen molar-refractivity contribution in [3.8, 4) is 23.0 Å². The Morgan fingerprint density at radius 1 is 0.844 bits per heavy atom. The van der Waals surface area contributed by atoms with Gasteiger partial charge in [0.25, 0.3) is 5.91 Å². The second-order valence-electron chi connectivity index (χ2n) is 6.91. The van der Waals surface area contributed by atoms with Gasteiger partial charge in [0.2, 0.25) is 0 Å². The molecule has 0 aliphatic heterocycles. The third-order valence-corrected chi connectivity index (χ3v) is 4.65. The van der Waals surface area contributed by atoms with Crippen LogP contribution in [-0.2, 0) is 6.61 Å². The Morgan fingerprint density at radius 2 is 1.56 bits per heavy atom. The molecule has 4 aromatic rings. The Balaban J connectivity index is 1.33. The second-order valence-corrected chi connectivity index (χ2v) is 6.91. The molecule has 0 unspecified atom stereocenters. The summed E-state index contributed by atoms with van der Waals surface area (Å²) in [5.74, 6) is 2.39. The standard InChI is InChI=1S/C26H22N2O4/c1-30-24-6-2-3-7-25(24)32-23-14-10-21(11-15-23)28-26(29)20-8-12-22(13-9-20)31-18-19-5-4-16-27-17-19/h2-17H,18H2,1H3,(H,28,29). The highest BCUT2D eigenvalue weighted by Crippen LogP contribution is 2.31. The molecule has 0 saturated carbocycles. The lowest BCUT2D eigenvalue weighted by Crippen LogP contribution is -2.11. The number of amides is 1. The lowest BCUT2D eigenvalue weighted by molar-refractivity contribution is 0.102. The average molecular weight is 426 g/mol. The average Bonchev–Trinajstić information content (AvgIpc) is 2.85. The molecule has 1 heterocycles. The largest absolute Gasteiger partial charge is 0.493 e. The Kier molecular flexibility index (Phi) is 6.63. The number of aromatic nitrogens is 1. The van der Waals surface area contributed by atoms with Crippen LogP contribution >= 0.6 is 0 Å². The van der Waals surface area contributed by atoms with Crippen LogP contribution in [0.3, 0.4) is 0 Å². The first-order chi connectivity index (χ1) is 15.7. The van der Waals surface area contributed by atoms with Gasteiger partial charge in [-0.2, -0.15) is 0 Å². The lowest BCUT2D eigenvalue weighted by Gasteiger charge is -2.11. The first-order valence-electron chi connectivity index (χ1n) is 10.1. The Bertz CT molecular complexity index is 1160. The highest BCUT2D eigenvalue weighted by molar-refractivity contribution is 6.04. The number of methoxy groups -OCH3 is 1. The van der Waals surface area contributed by atoms with Crippen molar-refractivity contribution >= 4 is 11.6 Å². The maximum absolute atomic E-state index is 12.6. The van der Waals surface area contributed by atoms with E-state index in [0.717, 1.165) is 5.56 Å². The third-order valence-electron chi connectivity index (χ3n) is 4.65. The van der Waals surface area contributed by atoms with Crippen LogP contribution < -0.4 is 19.5 Å². The molecule has 0 bridgehead atoms. The van der Waals surface area contributed by atoms with Gasteiger partial charge in [-0.15, -0.1) is 0 Å². The molecule has 4 rings (SSSR count). The van der Waals surface area contributed by atoms with Crippen LogP contribution in [0.4, 0.5) is 5.69 Å². The number of pyridine rings is 1. The Morgan fingerprint density at radius 3 is 2.25 bits per heavy atom. The first-order valence-corrected chi connectivity index (χ1v) is 10.1. The smallest absolute Gasteiger partial charge is 0.255 e. The number of ether oxygens (including phenoxy) is 3. The van der Waals surface area contributed by atoms with Crippen LogP contribution in [0, 0.1) is 0 Å². The van der Waals surface area contributed by atoms with Gasteiger partial charge in [0, 0.05) is 29.2 Å². The molecule has 0 fully saturated rings. The molecular formula is C26H22N2O4. The minimum atomic E-state index is -0.206. The van der Waals surface area contributed by atoms with Gasteiger partial charge in [-0.1, -0.05) is 18.2 Å². The lowest BCUT2D eigenvalue weighted by atomic mass is 10.2. The number of nitrogens with zero attached hydrogens (tertiary/aromatic N) is 1. The molecule has 6 nitrogen and oxygen atoms in total. The minimum absolute atomic E-state index is 0.206. The third kappa shape index (κ3) is 5.43. The fraction of sp³-hybridized carbons (Fsp3) is 0.0769. The molecule has 32 heavy (non-hydrogen) atoms. The van der Waals surface area contributed by atoms with Crippen molar-refractivity contribution in [3.63, 3.8) is 0 Å². The number of carbonyl (C=O) groups is 1. The second kappa shape index (κ2) is 10.1. The molecular weight excluding hydrogens is 404 g/mol. The fourth-order valence-corrected chi connectivity index (χ4v) is 2.99. The van der Waals surface area contributed by atoms with E-state index < -0.39 is 0 Å². The maximum Gasteiger partial charge on any atom is 0.255 e. The van der Waals surface area contributed by atoms with Gasteiger partial charge in [-0.3, -0.25) is 9.78 Å². The molecule has 1 aromatic heterocycles. The Labute approximate surface area is 186 Å². The molecule has 1 amide bonds. The van der Waals surface area contributed by atoms with Gasteiger partial charge in [0.1, 0.15) is 18.1 Å². The summed E-state index contributed by atoms with van der Waals surface area (Å²) in [7, 11) is 1.60. The minimum Gasteiger partial charge on any atom is -0.493 e. The molecule has 0 radical (unpaired) electrons. The number of carbonyl (C=O) groups excluding carboxylic acids is 1. The zero-order valence-corrected chi connectivity index (χ0v) is 17.5. The van der Waals surface area contributed by atoms with E-state index in [1.807, 2.05) is 36.4 Å². The van der Waals surface area contributed by atoms with E-state index in [-0.39, 0.29) is 5.91 Å². The van der Waals surface area contributed by atoms with Gasteiger partial charge >= 0.3 is 0 Å². The maximum atomic E-state index is 12.6. The molecule has 3 aromatic carbocycles. The van der Waals surface area contributed by atoms with Crippen molar-refractivity contribution in [1.82, 2.24) is 4.98 Å². The number of hydrogen-bond donors (Lipinski definition) is 1. The van der Waals surface area contributed by atoms with E-state index in [2.05, 4.69) is 10.3 Å². The summed E-state index contributed by atoms with van der Waals surface area (Å²) < 4.78 is 16.9. The number of para-hydroxylation sites is 2. The number of hydrogen-bond acceptors (Lipinski definition) is 5. The van der Waals surface area contributed by atoms with Crippen LogP contribution in [0.25, 0.3) is 0 Å². The first kappa shape index (κ1) is 20.9. The number of benzene rings is 3. The molecule has 6 heteroatoms. The zero-order chi connectivity index (χ0) is 22.2. The van der Waals surface area contributed by atoms with Gasteiger partial charge in [-0.25, -0.2) is 0 Å². The molecule has 0 spiro atoms. The van der Waals surface area contributed by atoms with Crippen molar-refractivity contribution in [2.75, 3.05) is 12.4 Å². The molecule has 0 aliphatic carbocycles. The van der Waals surface area contributed by atoms with Crippen molar-refractivity contribution in [1.29, 1.82) is 0 Å². The molecule has 0 saturated heterocycles. The summed E-state index contributed by atoms with van der Waals surface area (Å²) in [4.78, 5) is 16.6. The number of nitrogens with one attached hydrogen (secondary N) is 1. The van der Waals surface area contributed by atoms with Crippen molar-refractivity contribution in [2.45, 2.75) is 6.61 Å². The summed E-state index contributed by atoms with van der Waals surface area (Å²) in [6, 6.07) is 25.4. The molecule has 0 atom stereocenters. The highest BCUT2D eigenvalue weighted by atomic mass is 16.5. The number of rotatable bonds is 8. The summed E-state index contributed by atoms with van der Waals surface area (Å²) >= 11 is 0. The van der Waals surface area contributed by atoms with Crippen molar-refractivity contribution in [2.24, 2.45) is 0 Å². The zero-order valence-electron chi connectivity index (χ0n) is 17.5.